The first-order valence-electron chi connectivity index (χ1n) is 6.36. The average Bonchev–Trinajstić information content (AvgIpc) is 2.87. The maximum absolute atomic E-state index is 11.5. The molecule has 0 fully saturated rings. The lowest BCUT2D eigenvalue weighted by atomic mass is 10.0. The van der Waals surface area contributed by atoms with E-state index in [0.29, 0.717) is 18.2 Å². The van der Waals surface area contributed by atoms with Crippen molar-refractivity contribution in [2.45, 2.75) is 26.2 Å². The number of aliphatic hydroxyl groups excluding tert-OH is 1. The zero-order chi connectivity index (χ0) is 13.2. The molecule has 0 radical (unpaired) electrons. The molecule has 1 aromatic rings. The van der Waals surface area contributed by atoms with Crippen LogP contribution in [-0.4, -0.2) is 24.2 Å². The van der Waals surface area contributed by atoms with E-state index in [1.165, 1.54) is 6.08 Å². The number of hydrogen-bond acceptors (Lipinski definition) is 3. The van der Waals surface area contributed by atoms with E-state index < -0.39 is 0 Å². The van der Waals surface area contributed by atoms with Gasteiger partial charge in [-0.3, -0.25) is 4.79 Å². The monoisotopic (exact) mass is 251 g/mol. The molecule has 0 saturated heterocycles. The molecule has 4 heteroatoms. The van der Waals surface area contributed by atoms with E-state index in [2.05, 4.69) is 12.2 Å². The highest BCUT2D eigenvalue weighted by atomic mass is 16.3. The van der Waals surface area contributed by atoms with Crippen molar-refractivity contribution in [2.24, 2.45) is 5.92 Å². The zero-order valence-corrected chi connectivity index (χ0v) is 10.8. The fourth-order valence-corrected chi connectivity index (χ4v) is 1.79. The van der Waals surface area contributed by atoms with Gasteiger partial charge in [0, 0.05) is 19.2 Å². The van der Waals surface area contributed by atoms with Crippen molar-refractivity contribution in [3.63, 3.8) is 0 Å². The number of rotatable bonds is 8. The summed E-state index contributed by atoms with van der Waals surface area (Å²) in [7, 11) is 0. The second-order valence-electron chi connectivity index (χ2n) is 4.26. The Morgan fingerprint density at radius 1 is 1.56 bits per heavy atom. The minimum Gasteiger partial charge on any atom is -0.465 e. The molecule has 0 saturated carbocycles. The zero-order valence-electron chi connectivity index (χ0n) is 10.8. The van der Waals surface area contributed by atoms with Crippen molar-refractivity contribution in [3.8, 4) is 0 Å². The molecule has 1 heterocycles. The molecule has 1 atom stereocenters. The van der Waals surface area contributed by atoms with Crippen molar-refractivity contribution < 1.29 is 14.3 Å². The fraction of sp³-hybridized carbons (Fsp3) is 0.500. The molecule has 0 bridgehead atoms. The summed E-state index contributed by atoms with van der Waals surface area (Å²) in [5.74, 6) is 0.872. The fourth-order valence-electron chi connectivity index (χ4n) is 1.79. The van der Waals surface area contributed by atoms with Gasteiger partial charge in [0.05, 0.1) is 6.26 Å². The summed E-state index contributed by atoms with van der Waals surface area (Å²) in [5.41, 5.74) is 0. The molecule has 1 unspecified atom stereocenters. The summed E-state index contributed by atoms with van der Waals surface area (Å²) in [5, 5.41) is 11.8. The molecule has 1 aromatic heterocycles. The molecular weight excluding hydrogens is 230 g/mol. The Bertz CT molecular complexity index is 351. The van der Waals surface area contributed by atoms with E-state index in [4.69, 9.17) is 9.52 Å². The van der Waals surface area contributed by atoms with Crippen LogP contribution in [-0.2, 0) is 4.79 Å². The highest BCUT2D eigenvalue weighted by Crippen LogP contribution is 2.09. The highest BCUT2D eigenvalue weighted by Gasteiger charge is 2.07. The number of nitrogens with one attached hydrogen (secondary N) is 1. The van der Waals surface area contributed by atoms with Gasteiger partial charge in [-0.05, 0) is 37.0 Å². The van der Waals surface area contributed by atoms with E-state index in [9.17, 15) is 4.79 Å². The van der Waals surface area contributed by atoms with Crippen molar-refractivity contribution in [3.05, 3.63) is 30.2 Å². The van der Waals surface area contributed by atoms with Crippen molar-refractivity contribution in [2.75, 3.05) is 13.2 Å². The normalized spacial score (nSPS) is 12.8. The van der Waals surface area contributed by atoms with Gasteiger partial charge >= 0.3 is 0 Å². The molecule has 0 aromatic carbocycles. The second kappa shape index (κ2) is 8.53. The molecule has 18 heavy (non-hydrogen) atoms. The van der Waals surface area contributed by atoms with E-state index in [1.54, 1.807) is 24.5 Å². The minimum atomic E-state index is -0.134. The first-order chi connectivity index (χ1) is 8.76. The number of aliphatic hydroxyl groups is 1. The highest BCUT2D eigenvalue weighted by molar-refractivity contribution is 5.91. The van der Waals surface area contributed by atoms with Crippen LogP contribution in [0.4, 0.5) is 0 Å². The van der Waals surface area contributed by atoms with Gasteiger partial charge < -0.3 is 14.8 Å². The predicted octanol–water partition coefficient (Wildman–Crippen LogP) is 2.21. The van der Waals surface area contributed by atoms with Crippen molar-refractivity contribution in [1.29, 1.82) is 0 Å². The molecule has 0 aliphatic heterocycles. The lowest BCUT2D eigenvalue weighted by molar-refractivity contribution is -0.116. The Morgan fingerprint density at radius 2 is 2.39 bits per heavy atom. The first kappa shape index (κ1) is 14.5. The third-order valence-corrected chi connectivity index (χ3v) is 2.74. The standard InChI is InChI=1S/C14H21NO3/c1-2-4-12(8-9-16)11-15-14(17)7-6-13-5-3-10-18-13/h3,5-7,10,12,16H,2,4,8-9,11H2,1H3,(H,15,17)/b7-6+. The van der Waals surface area contributed by atoms with Gasteiger partial charge in [0.25, 0.3) is 0 Å². The predicted molar refractivity (Wildman–Crippen MR) is 70.9 cm³/mol. The quantitative estimate of drug-likeness (QED) is 0.696. The Morgan fingerprint density at radius 3 is 3.00 bits per heavy atom. The molecule has 0 aliphatic rings. The number of carbonyl (C=O) groups excluding carboxylic acids is 1. The summed E-state index contributed by atoms with van der Waals surface area (Å²) in [6, 6.07) is 3.56. The minimum absolute atomic E-state index is 0.134. The number of amides is 1. The maximum atomic E-state index is 11.5. The lowest BCUT2D eigenvalue weighted by Gasteiger charge is -2.14. The Kier molecular flexibility index (Phi) is 6.87. The van der Waals surface area contributed by atoms with Crippen molar-refractivity contribution >= 4 is 12.0 Å². The van der Waals surface area contributed by atoms with Crippen LogP contribution in [0.5, 0.6) is 0 Å². The maximum Gasteiger partial charge on any atom is 0.244 e. The Hall–Kier alpha value is -1.55. The largest absolute Gasteiger partial charge is 0.465 e. The van der Waals surface area contributed by atoms with Gasteiger partial charge in [-0.2, -0.15) is 0 Å². The summed E-state index contributed by atoms with van der Waals surface area (Å²) in [4.78, 5) is 11.5. The van der Waals surface area contributed by atoms with Crippen LogP contribution in [0.2, 0.25) is 0 Å². The topological polar surface area (TPSA) is 62.5 Å². The average molecular weight is 251 g/mol. The van der Waals surface area contributed by atoms with Crippen LogP contribution >= 0.6 is 0 Å². The Balaban J connectivity index is 2.30. The number of carbonyl (C=O) groups is 1. The molecule has 100 valence electrons. The molecular formula is C14H21NO3. The molecule has 1 rings (SSSR count). The van der Waals surface area contributed by atoms with Gasteiger partial charge in [0.2, 0.25) is 5.91 Å². The smallest absolute Gasteiger partial charge is 0.244 e. The van der Waals surface area contributed by atoms with E-state index in [-0.39, 0.29) is 12.5 Å². The number of hydrogen-bond donors (Lipinski definition) is 2. The molecule has 0 spiro atoms. The third-order valence-electron chi connectivity index (χ3n) is 2.74. The summed E-state index contributed by atoms with van der Waals surface area (Å²) in [6.07, 6.45) is 7.47. The van der Waals surface area contributed by atoms with Crippen LogP contribution < -0.4 is 5.32 Å². The van der Waals surface area contributed by atoms with Gasteiger partial charge in [0.15, 0.2) is 0 Å². The second-order valence-corrected chi connectivity index (χ2v) is 4.26. The van der Waals surface area contributed by atoms with Crippen LogP contribution in [0, 0.1) is 5.92 Å². The van der Waals surface area contributed by atoms with Crippen LogP contribution in [0.15, 0.2) is 28.9 Å². The van der Waals surface area contributed by atoms with Crippen LogP contribution in [0.3, 0.4) is 0 Å². The molecule has 0 aliphatic carbocycles. The van der Waals surface area contributed by atoms with Gasteiger partial charge in [-0.25, -0.2) is 0 Å². The van der Waals surface area contributed by atoms with Crippen LogP contribution in [0.1, 0.15) is 31.9 Å². The molecule has 2 N–H and O–H groups in total. The van der Waals surface area contributed by atoms with E-state index in [1.807, 2.05) is 0 Å². The SMILES string of the molecule is CCCC(CCO)CNC(=O)/C=C/c1ccco1. The van der Waals surface area contributed by atoms with Gasteiger partial charge in [-0.1, -0.05) is 13.3 Å². The Labute approximate surface area is 108 Å². The van der Waals surface area contributed by atoms with Gasteiger partial charge in [0.1, 0.15) is 5.76 Å². The number of furan rings is 1. The first-order valence-corrected chi connectivity index (χ1v) is 6.36. The molecule has 4 nitrogen and oxygen atoms in total. The summed E-state index contributed by atoms with van der Waals surface area (Å²) >= 11 is 0. The van der Waals surface area contributed by atoms with Crippen molar-refractivity contribution in [1.82, 2.24) is 5.32 Å². The van der Waals surface area contributed by atoms with Crippen LogP contribution in [0.25, 0.3) is 6.08 Å². The lowest BCUT2D eigenvalue weighted by Crippen LogP contribution is -2.28. The molecule has 1 amide bonds. The van der Waals surface area contributed by atoms with Gasteiger partial charge in [-0.15, -0.1) is 0 Å². The van der Waals surface area contributed by atoms with E-state index in [0.717, 1.165) is 19.3 Å². The summed E-state index contributed by atoms with van der Waals surface area (Å²) < 4.78 is 5.09. The summed E-state index contributed by atoms with van der Waals surface area (Å²) in [6.45, 7) is 2.88. The van der Waals surface area contributed by atoms with E-state index >= 15 is 0 Å². The third kappa shape index (κ3) is 5.68.